The molecule has 0 atom stereocenters. The number of hydrogen-bond acceptors (Lipinski definition) is 4. The van der Waals surface area contributed by atoms with Crippen LogP contribution in [0.1, 0.15) is 40.5 Å². The molecule has 2 aromatic heterocycles. The van der Waals surface area contributed by atoms with Crippen molar-refractivity contribution in [2.45, 2.75) is 25.7 Å². The Morgan fingerprint density at radius 3 is 2.75 bits per heavy atom. The highest BCUT2D eigenvalue weighted by molar-refractivity contribution is 6.42. The molecule has 2 heterocycles. The van der Waals surface area contributed by atoms with Crippen molar-refractivity contribution in [1.29, 1.82) is 0 Å². The van der Waals surface area contributed by atoms with E-state index in [-0.39, 0.29) is 5.91 Å². The van der Waals surface area contributed by atoms with Crippen LogP contribution in [0, 0.1) is 6.92 Å². The molecule has 1 N–H and O–H groups in total. The summed E-state index contributed by atoms with van der Waals surface area (Å²) in [5, 5.41) is 8.24. The molecule has 0 radical (unpaired) electrons. The van der Waals surface area contributed by atoms with E-state index in [4.69, 9.17) is 27.7 Å². The topological polar surface area (TPSA) is 68.0 Å². The number of halogens is 2. The molecule has 3 aromatic rings. The molecule has 1 amide bonds. The minimum Gasteiger partial charge on any atom is -0.336 e. The summed E-state index contributed by atoms with van der Waals surface area (Å²) in [6.07, 6.45) is 2.17. The fourth-order valence-corrected chi connectivity index (χ4v) is 2.95. The Morgan fingerprint density at radius 1 is 1.25 bits per heavy atom. The van der Waals surface area contributed by atoms with Crippen LogP contribution in [0.15, 0.2) is 28.8 Å². The second-order valence-electron chi connectivity index (χ2n) is 5.90. The van der Waals surface area contributed by atoms with Gasteiger partial charge in [-0.1, -0.05) is 28.4 Å². The van der Waals surface area contributed by atoms with Crippen molar-refractivity contribution in [2.24, 2.45) is 0 Å². The van der Waals surface area contributed by atoms with Crippen LogP contribution in [-0.2, 0) is 0 Å². The second kappa shape index (κ2) is 5.76. The van der Waals surface area contributed by atoms with Crippen molar-refractivity contribution in [3.05, 3.63) is 51.3 Å². The van der Waals surface area contributed by atoms with Gasteiger partial charge in [-0.05, 0) is 44.0 Å². The molecule has 1 aromatic carbocycles. The molecule has 4 rings (SSSR count). The van der Waals surface area contributed by atoms with Gasteiger partial charge in [0.2, 0.25) is 0 Å². The summed E-state index contributed by atoms with van der Waals surface area (Å²) < 4.78 is 5.26. The van der Waals surface area contributed by atoms with Gasteiger partial charge in [-0.25, -0.2) is 4.98 Å². The normalized spacial score (nSPS) is 14.1. The van der Waals surface area contributed by atoms with Crippen molar-refractivity contribution < 1.29 is 9.32 Å². The first kappa shape index (κ1) is 15.4. The number of carbonyl (C=O) groups is 1. The number of carbonyl (C=O) groups excluding carboxylic acids is 1. The molecule has 1 aliphatic carbocycles. The average Bonchev–Trinajstić information content (AvgIpc) is 3.34. The summed E-state index contributed by atoms with van der Waals surface area (Å²) in [7, 11) is 0. The predicted molar refractivity (Wildman–Crippen MR) is 92.9 cm³/mol. The van der Waals surface area contributed by atoms with Gasteiger partial charge in [0, 0.05) is 17.3 Å². The van der Waals surface area contributed by atoms with E-state index in [1.54, 1.807) is 25.1 Å². The molecule has 1 aliphatic rings. The lowest BCUT2D eigenvalue weighted by molar-refractivity contribution is 0.102. The van der Waals surface area contributed by atoms with Gasteiger partial charge in [-0.15, -0.1) is 0 Å². The molecular weight excluding hydrogens is 349 g/mol. The highest BCUT2D eigenvalue weighted by atomic mass is 35.5. The first-order valence-electron chi connectivity index (χ1n) is 7.56. The van der Waals surface area contributed by atoms with Crippen LogP contribution in [0.4, 0.5) is 5.69 Å². The van der Waals surface area contributed by atoms with Gasteiger partial charge in [0.1, 0.15) is 0 Å². The fourth-order valence-electron chi connectivity index (χ4n) is 2.65. The number of anilines is 1. The molecule has 0 saturated heterocycles. The van der Waals surface area contributed by atoms with E-state index in [0.717, 1.165) is 18.5 Å². The summed E-state index contributed by atoms with van der Waals surface area (Å²) >= 11 is 11.9. The van der Waals surface area contributed by atoms with E-state index in [2.05, 4.69) is 15.5 Å². The highest BCUT2D eigenvalue weighted by Gasteiger charge is 2.28. The Kier molecular flexibility index (Phi) is 3.70. The number of hydrogen-bond donors (Lipinski definition) is 1. The van der Waals surface area contributed by atoms with Crippen LogP contribution < -0.4 is 5.32 Å². The Bertz CT molecular complexity index is 964. The molecule has 0 aliphatic heterocycles. The van der Waals surface area contributed by atoms with Gasteiger partial charge < -0.3 is 9.84 Å². The quantitative estimate of drug-likeness (QED) is 0.714. The zero-order valence-corrected chi connectivity index (χ0v) is 14.3. The standard InChI is InChI=1S/C17H13Cl2N3O2/c1-8-15-11(7-14(9-2-3-9)21-17(15)24-22-8)16(23)20-10-4-5-12(18)13(19)6-10/h4-7,9H,2-3H2,1H3,(H,20,23). The molecule has 0 bridgehead atoms. The minimum absolute atomic E-state index is 0.256. The third-order valence-corrected chi connectivity index (χ3v) is 4.79. The Balaban J connectivity index is 1.75. The van der Waals surface area contributed by atoms with Gasteiger partial charge in [-0.2, -0.15) is 0 Å². The number of rotatable bonds is 3. The Hall–Kier alpha value is -2.11. The van der Waals surface area contributed by atoms with Crippen molar-refractivity contribution in [2.75, 3.05) is 5.32 Å². The van der Waals surface area contributed by atoms with Gasteiger partial charge in [0.25, 0.3) is 11.6 Å². The molecule has 7 heteroatoms. The highest BCUT2D eigenvalue weighted by Crippen LogP contribution is 2.40. The third-order valence-electron chi connectivity index (χ3n) is 4.05. The number of nitrogens with zero attached hydrogens (tertiary/aromatic N) is 2. The maximum Gasteiger partial charge on any atom is 0.259 e. The van der Waals surface area contributed by atoms with Crippen LogP contribution in [0.5, 0.6) is 0 Å². The smallest absolute Gasteiger partial charge is 0.259 e. The monoisotopic (exact) mass is 361 g/mol. The third kappa shape index (κ3) is 2.74. The van der Waals surface area contributed by atoms with Crippen molar-refractivity contribution in [1.82, 2.24) is 10.1 Å². The largest absolute Gasteiger partial charge is 0.336 e. The molecule has 122 valence electrons. The zero-order chi connectivity index (χ0) is 16.8. The first-order valence-corrected chi connectivity index (χ1v) is 8.32. The van der Waals surface area contributed by atoms with Gasteiger partial charge in [-0.3, -0.25) is 4.79 Å². The Labute approximate surface area is 147 Å². The number of pyridine rings is 1. The van der Waals surface area contributed by atoms with Crippen molar-refractivity contribution >= 4 is 45.9 Å². The Morgan fingerprint density at radius 2 is 2.04 bits per heavy atom. The lowest BCUT2D eigenvalue weighted by Gasteiger charge is -2.08. The van der Waals surface area contributed by atoms with E-state index in [9.17, 15) is 4.79 Å². The van der Waals surface area contributed by atoms with E-state index in [0.29, 0.717) is 44.0 Å². The molecular formula is C17H13Cl2N3O2. The molecule has 1 saturated carbocycles. The van der Waals surface area contributed by atoms with E-state index < -0.39 is 0 Å². The van der Waals surface area contributed by atoms with Gasteiger partial charge in [0.15, 0.2) is 0 Å². The SMILES string of the molecule is Cc1noc2nc(C3CC3)cc(C(=O)Nc3ccc(Cl)c(Cl)c3)c12. The predicted octanol–water partition coefficient (Wildman–Crippen LogP) is 4.97. The fraction of sp³-hybridized carbons (Fsp3) is 0.235. The van der Waals surface area contributed by atoms with E-state index in [1.807, 2.05) is 6.07 Å². The number of fused-ring (bicyclic) bond motifs is 1. The molecule has 1 fully saturated rings. The molecule has 5 nitrogen and oxygen atoms in total. The average molecular weight is 362 g/mol. The number of aryl methyl sites for hydroxylation is 1. The maximum absolute atomic E-state index is 12.8. The number of amides is 1. The summed E-state index contributed by atoms with van der Waals surface area (Å²) in [6.45, 7) is 1.79. The summed E-state index contributed by atoms with van der Waals surface area (Å²) in [6, 6.07) is 6.79. The molecule has 0 unspecified atom stereocenters. The molecule has 24 heavy (non-hydrogen) atoms. The van der Waals surface area contributed by atoms with Crippen LogP contribution >= 0.6 is 23.2 Å². The summed E-state index contributed by atoms with van der Waals surface area (Å²) in [5.74, 6) is 0.144. The lowest BCUT2D eigenvalue weighted by Crippen LogP contribution is -2.13. The lowest BCUT2D eigenvalue weighted by atomic mass is 10.1. The van der Waals surface area contributed by atoms with Crippen LogP contribution in [0.2, 0.25) is 10.0 Å². The number of aromatic nitrogens is 2. The van der Waals surface area contributed by atoms with Crippen LogP contribution in [0.3, 0.4) is 0 Å². The maximum atomic E-state index is 12.8. The zero-order valence-electron chi connectivity index (χ0n) is 12.8. The van der Waals surface area contributed by atoms with Crippen molar-refractivity contribution in [3.8, 4) is 0 Å². The minimum atomic E-state index is -0.256. The summed E-state index contributed by atoms with van der Waals surface area (Å²) in [4.78, 5) is 17.3. The number of nitrogens with one attached hydrogen (secondary N) is 1. The van der Waals surface area contributed by atoms with E-state index in [1.165, 1.54) is 0 Å². The van der Waals surface area contributed by atoms with Crippen LogP contribution in [-0.4, -0.2) is 16.0 Å². The number of benzene rings is 1. The second-order valence-corrected chi connectivity index (χ2v) is 6.71. The van der Waals surface area contributed by atoms with E-state index >= 15 is 0 Å². The van der Waals surface area contributed by atoms with Crippen LogP contribution in [0.25, 0.3) is 11.1 Å². The van der Waals surface area contributed by atoms with Gasteiger partial charge >= 0.3 is 0 Å². The van der Waals surface area contributed by atoms with Gasteiger partial charge in [0.05, 0.1) is 26.7 Å². The van der Waals surface area contributed by atoms with Crippen molar-refractivity contribution in [3.63, 3.8) is 0 Å². The summed E-state index contributed by atoms with van der Waals surface area (Å²) in [5.41, 5.74) is 2.99. The molecule has 0 spiro atoms. The first-order chi connectivity index (χ1) is 11.5.